The van der Waals surface area contributed by atoms with Crippen molar-refractivity contribution in [3.63, 3.8) is 0 Å². The minimum Gasteiger partial charge on any atom is -0.467 e. The molecule has 7 heteroatoms. The molecule has 1 aromatic heterocycles. The zero-order valence-corrected chi connectivity index (χ0v) is 13.3. The van der Waals surface area contributed by atoms with Crippen LogP contribution in [0.4, 0.5) is 0 Å². The van der Waals surface area contributed by atoms with Crippen molar-refractivity contribution in [2.45, 2.75) is 23.5 Å². The zero-order valence-electron chi connectivity index (χ0n) is 11.7. The Balaban J connectivity index is 1.80. The number of aliphatic hydroxyl groups is 1. The highest BCUT2D eigenvalue weighted by Gasteiger charge is 2.30. The number of aliphatic hydroxyl groups excluding tert-OH is 1. The summed E-state index contributed by atoms with van der Waals surface area (Å²) in [4.78, 5) is 0.313. The van der Waals surface area contributed by atoms with E-state index in [9.17, 15) is 13.5 Å². The lowest BCUT2D eigenvalue weighted by molar-refractivity contribution is 0.143. The Morgan fingerprint density at radius 1 is 1.41 bits per heavy atom. The van der Waals surface area contributed by atoms with E-state index in [4.69, 9.17) is 16.0 Å². The number of halogens is 1. The Bertz CT molecular complexity index is 758. The topological polar surface area (TPSA) is 79.5 Å². The van der Waals surface area contributed by atoms with E-state index in [1.54, 1.807) is 30.3 Å². The first-order valence-corrected chi connectivity index (χ1v) is 8.97. The minimum absolute atomic E-state index is 0.0795. The van der Waals surface area contributed by atoms with Gasteiger partial charge in [-0.2, -0.15) is 0 Å². The van der Waals surface area contributed by atoms with Crippen molar-refractivity contribution in [1.29, 1.82) is 0 Å². The quantitative estimate of drug-likeness (QED) is 0.893. The molecule has 0 fully saturated rings. The number of nitrogens with one attached hydrogen (secondary N) is 1. The summed E-state index contributed by atoms with van der Waals surface area (Å²) in [7, 11) is -3.25. The molecule has 2 aromatic rings. The number of fused-ring (bicyclic) bond motifs is 1. The van der Waals surface area contributed by atoms with Gasteiger partial charge in [-0.15, -0.1) is 0 Å². The summed E-state index contributed by atoms with van der Waals surface area (Å²) in [6, 6.07) is 8.04. The molecule has 2 N–H and O–H groups in total. The van der Waals surface area contributed by atoms with Crippen molar-refractivity contribution in [2.24, 2.45) is 0 Å². The average molecular weight is 342 g/mol. The molecular formula is C15H16ClNO4S. The van der Waals surface area contributed by atoms with Crippen LogP contribution in [0.15, 0.2) is 45.9 Å². The molecule has 2 atom stereocenters. The van der Waals surface area contributed by atoms with Crippen LogP contribution in [0.2, 0.25) is 5.02 Å². The Hall–Kier alpha value is -1.34. The summed E-state index contributed by atoms with van der Waals surface area (Å²) in [6.45, 7) is 0.268. The van der Waals surface area contributed by atoms with Crippen molar-refractivity contribution in [2.75, 3.05) is 12.3 Å². The third-order valence-corrected chi connectivity index (χ3v) is 5.84. The van der Waals surface area contributed by atoms with Gasteiger partial charge in [-0.25, -0.2) is 8.42 Å². The van der Waals surface area contributed by atoms with E-state index < -0.39 is 15.9 Å². The second kappa shape index (κ2) is 6.04. The van der Waals surface area contributed by atoms with Crippen LogP contribution in [-0.4, -0.2) is 25.8 Å². The van der Waals surface area contributed by atoms with Crippen molar-refractivity contribution in [1.82, 2.24) is 5.32 Å². The summed E-state index contributed by atoms with van der Waals surface area (Å²) < 4.78 is 29.4. The summed E-state index contributed by atoms with van der Waals surface area (Å²) >= 11 is 5.99. The van der Waals surface area contributed by atoms with E-state index in [-0.39, 0.29) is 18.3 Å². The standard InChI is InChI=1S/C15H16ClNO4S/c16-10-3-4-15-11(8-10)12(5-7-22(15,19)20)17-9-13(18)14-2-1-6-21-14/h1-4,6,8,12-13,17-18H,5,7,9H2/t12-,13+/m0/s1. The van der Waals surface area contributed by atoms with Gasteiger partial charge in [-0.3, -0.25) is 0 Å². The molecule has 0 radical (unpaired) electrons. The van der Waals surface area contributed by atoms with Crippen LogP contribution in [0.25, 0.3) is 0 Å². The number of benzene rings is 1. The molecule has 5 nitrogen and oxygen atoms in total. The predicted octanol–water partition coefficient (Wildman–Crippen LogP) is 2.47. The van der Waals surface area contributed by atoms with Gasteiger partial charge in [0.25, 0.3) is 0 Å². The van der Waals surface area contributed by atoms with Crippen LogP contribution in [0, 0.1) is 0 Å². The first-order chi connectivity index (χ1) is 10.5. The van der Waals surface area contributed by atoms with Gasteiger partial charge in [0.05, 0.1) is 16.9 Å². The molecule has 0 saturated heterocycles. The molecule has 1 aromatic carbocycles. The molecule has 1 aliphatic heterocycles. The van der Waals surface area contributed by atoms with E-state index in [1.807, 2.05) is 0 Å². The van der Waals surface area contributed by atoms with Crippen molar-refractivity contribution < 1.29 is 17.9 Å². The minimum atomic E-state index is -3.25. The van der Waals surface area contributed by atoms with Crippen LogP contribution in [-0.2, 0) is 9.84 Å². The van der Waals surface area contributed by atoms with E-state index in [0.717, 1.165) is 0 Å². The molecular weight excluding hydrogens is 326 g/mol. The number of furan rings is 1. The van der Waals surface area contributed by atoms with Gasteiger partial charge in [-0.1, -0.05) is 11.6 Å². The third-order valence-electron chi connectivity index (χ3n) is 3.79. The maximum Gasteiger partial charge on any atom is 0.178 e. The largest absolute Gasteiger partial charge is 0.467 e. The van der Waals surface area contributed by atoms with E-state index >= 15 is 0 Å². The van der Waals surface area contributed by atoms with Gasteiger partial charge < -0.3 is 14.8 Å². The lowest BCUT2D eigenvalue weighted by Crippen LogP contribution is -2.32. The van der Waals surface area contributed by atoms with Crippen LogP contribution in [0.3, 0.4) is 0 Å². The maximum absolute atomic E-state index is 12.1. The molecule has 2 heterocycles. The smallest absolute Gasteiger partial charge is 0.178 e. The van der Waals surface area contributed by atoms with Gasteiger partial charge in [0.1, 0.15) is 11.9 Å². The average Bonchev–Trinajstić information content (AvgIpc) is 3.00. The van der Waals surface area contributed by atoms with E-state index in [0.29, 0.717) is 27.7 Å². The monoisotopic (exact) mass is 341 g/mol. The Kier molecular flexibility index (Phi) is 4.27. The molecule has 0 bridgehead atoms. The highest BCUT2D eigenvalue weighted by Crippen LogP contribution is 2.34. The Labute approximate surface area is 133 Å². The van der Waals surface area contributed by atoms with Crippen molar-refractivity contribution in [3.8, 4) is 0 Å². The van der Waals surface area contributed by atoms with E-state index in [2.05, 4.69) is 5.32 Å². The molecule has 1 aliphatic rings. The molecule has 0 aliphatic carbocycles. The molecule has 0 amide bonds. The first kappa shape index (κ1) is 15.6. The fourth-order valence-electron chi connectivity index (χ4n) is 2.66. The van der Waals surface area contributed by atoms with Crippen molar-refractivity contribution in [3.05, 3.63) is 52.9 Å². The number of rotatable bonds is 4. The second-order valence-corrected chi connectivity index (χ2v) is 7.80. The van der Waals surface area contributed by atoms with Gasteiger partial charge in [0.15, 0.2) is 9.84 Å². The lowest BCUT2D eigenvalue weighted by atomic mass is 10.0. The van der Waals surface area contributed by atoms with Crippen LogP contribution in [0.1, 0.15) is 29.9 Å². The highest BCUT2D eigenvalue weighted by atomic mass is 35.5. The Morgan fingerprint density at radius 2 is 2.23 bits per heavy atom. The summed E-state index contributed by atoms with van der Waals surface area (Å²) in [6.07, 6.45) is 1.16. The summed E-state index contributed by atoms with van der Waals surface area (Å²) in [5.41, 5.74) is 0.658. The third kappa shape index (κ3) is 3.05. The zero-order chi connectivity index (χ0) is 15.7. The molecule has 0 spiro atoms. The van der Waals surface area contributed by atoms with Gasteiger partial charge >= 0.3 is 0 Å². The van der Waals surface area contributed by atoms with Crippen LogP contribution in [0.5, 0.6) is 0 Å². The summed E-state index contributed by atoms with van der Waals surface area (Å²) in [5, 5.41) is 13.7. The van der Waals surface area contributed by atoms with Gasteiger partial charge in [-0.05, 0) is 42.3 Å². The van der Waals surface area contributed by atoms with E-state index in [1.165, 1.54) is 6.26 Å². The fourth-order valence-corrected chi connectivity index (χ4v) is 4.44. The number of hydrogen-bond donors (Lipinski definition) is 2. The molecule has 3 rings (SSSR count). The number of sulfone groups is 1. The van der Waals surface area contributed by atoms with Crippen molar-refractivity contribution >= 4 is 21.4 Å². The van der Waals surface area contributed by atoms with Gasteiger partial charge in [0.2, 0.25) is 0 Å². The SMILES string of the molecule is O=S1(=O)CC[C@H](NC[C@@H](O)c2ccco2)c2cc(Cl)ccc21. The molecule has 118 valence electrons. The first-order valence-electron chi connectivity index (χ1n) is 6.94. The Morgan fingerprint density at radius 3 is 2.95 bits per heavy atom. The number of hydrogen-bond acceptors (Lipinski definition) is 5. The fraction of sp³-hybridized carbons (Fsp3) is 0.333. The second-order valence-electron chi connectivity index (χ2n) is 5.28. The normalized spacial score (nSPS) is 21.3. The van der Waals surface area contributed by atoms with Crippen LogP contribution < -0.4 is 5.32 Å². The predicted molar refractivity (Wildman–Crippen MR) is 82.5 cm³/mol. The maximum atomic E-state index is 12.1. The summed E-state index contributed by atoms with van der Waals surface area (Å²) in [5.74, 6) is 0.554. The molecule has 0 saturated carbocycles. The lowest BCUT2D eigenvalue weighted by Gasteiger charge is -2.27. The van der Waals surface area contributed by atoms with Gasteiger partial charge in [0, 0.05) is 17.6 Å². The molecule has 0 unspecified atom stereocenters. The molecule has 22 heavy (non-hydrogen) atoms. The van der Waals surface area contributed by atoms with Crippen LogP contribution >= 0.6 is 11.6 Å². The highest BCUT2D eigenvalue weighted by molar-refractivity contribution is 7.91.